The van der Waals surface area contributed by atoms with Gasteiger partial charge in [-0.1, -0.05) is 25.6 Å². The first-order valence-electron chi connectivity index (χ1n) is 5.22. The quantitative estimate of drug-likeness (QED) is 0.782. The maximum Gasteiger partial charge on any atom is 0.170 e. The predicted molar refractivity (Wildman–Crippen MR) is 67.6 cm³/mol. The highest BCUT2D eigenvalue weighted by Gasteiger charge is 2.15. The molecule has 1 aromatic heterocycles. The van der Waals surface area contributed by atoms with Gasteiger partial charge in [0.1, 0.15) is 6.33 Å². The second-order valence-electron chi connectivity index (χ2n) is 4.25. The Labute approximate surface area is 100 Å². The minimum absolute atomic E-state index is 0.232. The zero-order valence-corrected chi connectivity index (χ0v) is 11.4. The van der Waals surface area contributed by atoms with Crippen molar-refractivity contribution in [3.8, 4) is 0 Å². The van der Waals surface area contributed by atoms with E-state index in [1.807, 2.05) is 0 Å². The summed E-state index contributed by atoms with van der Waals surface area (Å²) in [5.74, 6) is 0. The first-order chi connectivity index (χ1) is 7.03. The van der Waals surface area contributed by atoms with Gasteiger partial charge < -0.3 is 5.32 Å². The van der Waals surface area contributed by atoms with Gasteiger partial charge in [-0.05, 0) is 31.8 Å². The Morgan fingerprint density at radius 2 is 2.33 bits per heavy atom. The van der Waals surface area contributed by atoms with E-state index in [9.17, 15) is 0 Å². The Hall–Kier alpha value is -0.130. The van der Waals surface area contributed by atoms with E-state index in [1.54, 1.807) is 18.1 Å². The van der Waals surface area contributed by atoms with E-state index in [2.05, 4.69) is 42.4 Å². The molecule has 0 saturated heterocycles. The third kappa shape index (κ3) is 4.95. The van der Waals surface area contributed by atoms with Crippen LogP contribution in [0.2, 0.25) is 0 Å². The van der Waals surface area contributed by atoms with Gasteiger partial charge in [0.05, 0.1) is 0 Å². The Kier molecular flexibility index (Phi) is 5.02. The van der Waals surface area contributed by atoms with E-state index < -0.39 is 0 Å². The Morgan fingerprint density at radius 3 is 2.87 bits per heavy atom. The Balaban J connectivity index is 2.28. The largest absolute Gasteiger partial charge is 0.311 e. The molecule has 0 bridgehead atoms. The average molecular weight is 245 g/mol. The molecule has 1 rings (SSSR count). The highest BCUT2D eigenvalue weighted by Crippen LogP contribution is 2.23. The van der Waals surface area contributed by atoms with Crippen LogP contribution in [0.4, 0.5) is 0 Å². The minimum Gasteiger partial charge on any atom is -0.311 e. The SMILES string of the molecule is CCC(C)(C)NCC(C)Sc1ncns1. The summed E-state index contributed by atoms with van der Waals surface area (Å²) in [6.45, 7) is 9.89. The number of aromatic nitrogens is 2. The molecule has 15 heavy (non-hydrogen) atoms. The molecule has 86 valence electrons. The fraction of sp³-hybridized carbons (Fsp3) is 0.800. The highest BCUT2D eigenvalue weighted by molar-refractivity contribution is 8.01. The lowest BCUT2D eigenvalue weighted by molar-refractivity contribution is 0.379. The molecular formula is C10H19N3S2. The van der Waals surface area contributed by atoms with Crippen LogP contribution in [0.5, 0.6) is 0 Å². The summed E-state index contributed by atoms with van der Waals surface area (Å²) in [5.41, 5.74) is 0.232. The average Bonchev–Trinajstić information content (AvgIpc) is 2.68. The molecule has 0 radical (unpaired) electrons. The van der Waals surface area contributed by atoms with Crippen molar-refractivity contribution in [1.82, 2.24) is 14.7 Å². The third-order valence-electron chi connectivity index (χ3n) is 2.40. The van der Waals surface area contributed by atoms with E-state index in [-0.39, 0.29) is 5.54 Å². The smallest absolute Gasteiger partial charge is 0.170 e. The van der Waals surface area contributed by atoms with Crippen LogP contribution < -0.4 is 5.32 Å². The molecule has 0 saturated carbocycles. The molecule has 0 aliphatic heterocycles. The monoisotopic (exact) mass is 245 g/mol. The van der Waals surface area contributed by atoms with Crippen LogP contribution in [0.3, 0.4) is 0 Å². The lowest BCUT2D eigenvalue weighted by Crippen LogP contribution is -2.41. The molecule has 3 nitrogen and oxygen atoms in total. The van der Waals surface area contributed by atoms with E-state index in [0.29, 0.717) is 5.25 Å². The number of hydrogen-bond donors (Lipinski definition) is 1. The Bertz CT molecular complexity index is 272. The van der Waals surface area contributed by atoms with E-state index in [1.165, 1.54) is 11.5 Å². The maximum atomic E-state index is 4.16. The normalized spacial score (nSPS) is 14.1. The summed E-state index contributed by atoms with van der Waals surface area (Å²) in [4.78, 5) is 4.16. The third-order valence-corrected chi connectivity index (χ3v) is 4.24. The molecule has 1 atom stereocenters. The Morgan fingerprint density at radius 1 is 1.60 bits per heavy atom. The van der Waals surface area contributed by atoms with E-state index >= 15 is 0 Å². The van der Waals surface area contributed by atoms with Crippen molar-refractivity contribution in [3.63, 3.8) is 0 Å². The standard InChI is InChI=1S/C10H19N3S2/c1-5-10(3,4)12-6-8(2)14-9-11-7-13-15-9/h7-8,12H,5-6H2,1-4H3. The molecule has 0 fully saturated rings. The van der Waals surface area contributed by atoms with Gasteiger partial charge >= 0.3 is 0 Å². The van der Waals surface area contributed by atoms with Crippen LogP contribution in [-0.4, -0.2) is 26.7 Å². The van der Waals surface area contributed by atoms with Gasteiger partial charge in [-0.25, -0.2) is 4.98 Å². The molecule has 0 aliphatic carbocycles. The second kappa shape index (κ2) is 5.82. The number of nitrogens with zero attached hydrogens (tertiary/aromatic N) is 2. The van der Waals surface area contributed by atoms with Crippen LogP contribution in [0.25, 0.3) is 0 Å². The van der Waals surface area contributed by atoms with Crippen molar-refractivity contribution in [3.05, 3.63) is 6.33 Å². The lowest BCUT2D eigenvalue weighted by atomic mass is 10.0. The van der Waals surface area contributed by atoms with Crippen molar-refractivity contribution < 1.29 is 0 Å². The van der Waals surface area contributed by atoms with Crippen LogP contribution in [0, 0.1) is 0 Å². The molecule has 1 unspecified atom stereocenters. The number of rotatable bonds is 6. The molecule has 1 N–H and O–H groups in total. The predicted octanol–water partition coefficient (Wildman–Crippen LogP) is 2.80. The van der Waals surface area contributed by atoms with Crippen molar-refractivity contribution in [2.45, 2.75) is 49.2 Å². The van der Waals surface area contributed by atoms with Crippen molar-refractivity contribution in [1.29, 1.82) is 0 Å². The van der Waals surface area contributed by atoms with Gasteiger partial charge in [0.2, 0.25) is 0 Å². The van der Waals surface area contributed by atoms with Crippen LogP contribution in [-0.2, 0) is 0 Å². The van der Waals surface area contributed by atoms with Crippen LogP contribution >= 0.6 is 23.3 Å². The molecule has 0 aliphatic rings. The fourth-order valence-electron chi connectivity index (χ4n) is 0.974. The van der Waals surface area contributed by atoms with Gasteiger partial charge in [0.15, 0.2) is 4.34 Å². The van der Waals surface area contributed by atoms with Crippen LogP contribution in [0.15, 0.2) is 10.7 Å². The van der Waals surface area contributed by atoms with Gasteiger partial charge in [0, 0.05) is 17.3 Å². The molecule has 0 aromatic carbocycles. The van der Waals surface area contributed by atoms with Crippen molar-refractivity contribution >= 4 is 23.3 Å². The summed E-state index contributed by atoms with van der Waals surface area (Å²) < 4.78 is 5.04. The van der Waals surface area contributed by atoms with Gasteiger partial charge in [-0.3, -0.25) is 0 Å². The van der Waals surface area contributed by atoms with Gasteiger partial charge in [-0.15, -0.1) is 0 Å². The summed E-state index contributed by atoms with van der Waals surface area (Å²) in [6, 6.07) is 0. The first kappa shape index (κ1) is 12.9. The molecule has 0 amide bonds. The van der Waals surface area contributed by atoms with Crippen molar-refractivity contribution in [2.24, 2.45) is 0 Å². The summed E-state index contributed by atoms with van der Waals surface area (Å²) in [6.07, 6.45) is 2.76. The fourth-order valence-corrected chi connectivity index (χ4v) is 2.67. The molecule has 1 aromatic rings. The molecule has 0 spiro atoms. The number of thioether (sulfide) groups is 1. The number of hydrogen-bond acceptors (Lipinski definition) is 5. The van der Waals surface area contributed by atoms with Crippen molar-refractivity contribution in [2.75, 3.05) is 6.54 Å². The minimum atomic E-state index is 0.232. The van der Waals surface area contributed by atoms with Gasteiger partial charge in [-0.2, -0.15) is 4.37 Å². The zero-order chi connectivity index (χ0) is 11.3. The van der Waals surface area contributed by atoms with Gasteiger partial charge in [0.25, 0.3) is 0 Å². The van der Waals surface area contributed by atoms with Crippen LogP contribution in [0.1, 0.15) is 34.1 Å². The maximum absolute atomic E-state index is 4.16. The molecule has 1 heterocycles. The van der Waals surface area contributed by atoms with E-state index in [4.69, 9.17) is 0 Å². The molecular weight excluding hydrogens is 226 g/mol. The zero-order valence-electron chi connectivity index (χ0n) is 9.78. The topological polar surface area (TPSA) is 37.8 Å². The summed E-state index contributed by atoms with van der Waals surface area (Å²) >= 11 is 3.25. The van der Waals surface area contributed by atoms with E-state index in [0.717, 1.165) is 17.3 Å². The highest BCUT2D eigenvalue weighted by atomic mass is 32.2. The summed E-state index contributed by atoms with van der Waals surface area (Å²) in [5, 5.41) is 4.09. The first-order valence-corrected chi connectivity index (χ1v) is 6.87. The second-order valence-corrected chi connectivity index (χ2v) is 6.72. The number of nitrogens with one attached hydrogen (secondary N) is 1. The molecule has 5 heteroatoms. The summed E-state index contributed by atoms with van der Waals surface area (Å²) in [7, 11) is 0. The lowest BCUT2D eigenvalue weighted by Gasteiger charge is -2.26.